The second kappa shape index (κ2) is 7.60. The minimum absolute atomic E-state index is 0.435. The largest absolute Gasteiger partial charge is 0.127 e. The molecule has 0 aliphatic carbocycles. The molecule has 0 fully saturated rings. The molecule has 0 N–H and O–H groups in total. The van der Waals surface area contributed by atoms with E-state index in [-0.39, 0.29) is 0 Å². The lowest BCUT2D eigenvalue weighted by atomic mass is 9.48. The van der Waals surface area contributed by atoms with E-state index in [1.54, 1.807) is 0 Å². The zero-order chi connectivity index (χ0) is 14.5. The molecule has 0 aromatic carbocycles. The molecule has 18 heavy (non-hydrogen) atoms. The quantitative estimate of drug-likeness (QED) is 0.503. The fourth-order valence-corrected chi connectivity index (χ4v) is 3.01. The van der Waals surface area contributed by atoms with Gasteiger partial charge in [-0.25, -0.2) is 0 Å². The first kappa shape index (κ1) is 18.1. The minimum atomic E-state index is 0.435. The van der Waals surface area contributed by atoms with Gasteiger partial charge in [-0.3, -0.25) is 0 Å². The molecule has 0 bridgehead atoms. The van der Waals surface area contributed by atoms with E-state index in [0.717, 1.165) is 29.4 Å². The molecule has 0 amide bonds. The van der Waals surface area contributed by atoms with Gasteiger partial charge >= 0.3 is 0 Å². The summed E-state index contributed by atoms with van der Waals surface area (Å²) in [6, 6.07) is 0. The molecule has 0 rings (SSSR count). The molecule has 0 nitrogen and oxygen atoms in total. The van der Waals surface area contributed by atoms with Crippen molar-refractivity contribution in [1.82, 2.24) is 0 Å². The summed E-state index contributed by atoms with van der Waals surface area (Å²) in [6.07, 6.45) is 2.74. The van der Waals surface area contributed by atoms with Crippen molar-refractivity contribution >= 4 is 7.28 Å². The Hall–Kier alpha value is 0.0649. The van der Waals surface area contributed by atoms with Crippen molar-refractivity contribution in [2.45, 2.75) is 86.8 Å². The molecule has 0 aliphatic rings. The predicted molar refractivity (Wildman–Crippen MR) is 87.9 cm³/mol. The highest BCUT2D eigenvalue weighted by Crippen LogP contribution is 2.41. The van der Waals surface area contributed by atoms with Crippen LogP contribution in [0.25, 0.3) is 0 Å². The molecule has 0 aromatic heterocycles. The topological polar surface area (TPSA) is 0 Å². The van der Waals surface area contributed by atoms with Crippen LogP contribution in [0.2, 0.25) is 11.6 Å². The van der Waals surface area contributed by atoms with Crippen molar-refractivity contribution in [2.75, 3.05) is 0 Å². The zero-order valence-electron chi connectivity index (χ0n) is 14.5. The maximum atomic E-state index is 2.49. The summed E-state index contributed by atoms with van der Waals surface area (Å²) in [5, 5.41) is 0. The molecule has 0 aromatic rings. The fourth-order valence-electron chi connectivity index (χ4n) is 3.01. The zero-order valence-corrected chi connectivity index (χ0v) is 14.5. The van der Waals surface area contributed by atoms with Crippen molar-refractivity contribution in [2.24, 2.45) is 23.2 Å². The van der Waals surface area contributed by atoms with Crippen LogP contribution in [0, 0.1) is 23.2 Å². The van der Waals surface area contributed by atoms with E-state index in [1.807, 2.05) is 0 Å². The molecule has 0 saturated carbocycles. The highest BCUT2D eigenvalue weighted by Gasteiger charge is 2.31. The predicted octanol–water partition coefficient (Wildman–Crippen LogP) is 5.79. The van der Waals surface area contributed by atoms with Crippen LogP contribution >= 0.6 is 0 Å². The van der Waals surface area contributed by atoms with Gasteiger partial charge in [0, 0.05) is 0 Å². The van der Waals surface area contributed by atoms with E-state index in [0.29, 0.717) is 5.41 Å². The number of rotatable bonds is 7. The molecule has 0 heterocycles. The van der Waals surface area contributed by atoms with E-state index in [2.05, 4.69) is 62.3 Å². The maximum Gasteiger partial charge on any atom is 0.127 e. The average Bonchev–Trinajstić information content (AvgIpc) is 2.24. The van der Waals surface area contributed by atoms with Crippen LogP contribution < -0.4 is 0 Å². The Kier molecular flexibility index (Phi) is 7.63. The van der Waals surface area contributed by atoms with Gasteiger partial charge in [-0.05, 0) is 23.2 Å². The second-order valence-corrected chi connectivity index (χ2v) is 8.15. The molecular formula is C17H37B. The Balaban J connectivity index is 4.73. The highest BCUT2D eigenvalue weighted by atomic mass is 14.3. The molecule has 0 spiro atoms. The van der Waals surface area contributed by atoms with Crippen LogP contribution in [0.15, 0.2) is 0 Å². The molecule has 0 saturated heterocycles. The van der Waals surface area contributed by atoms with E-state index in [9.17, 15) is 0 Å². The minimum Gasteiger partial charge on any atom is -0.0710 e. The maximum absolute atomic E-state index is 2.49. The number of hydrogen-bond donors (Lipinski definition) is 0. The molecule has 4 unspecified atom stereocenters. The first-order chi connectivity index (χ1) is 8.09. The van der Waals surface area contributed by atoms with Gasteiger partial charge in [0.15, 0.2) is 0 Å². The van der Waals surface area contributed by atoms with E-state index in [1.165, 1.54) is 20.1 Å². The van der Waals surface area contributed by atoms with Crippen molar-refractivity contribution in [1.29, 1.82) is 0 Å². The summed E-state index contributed by atoms with van der Waals surface area (Å²) >= 11 is 0. The van der Waals surface area contributed by atoms with Gasteiger partial charge in [0.1, 0.15) is 7.28 Å². The third-order valence-corrected chi connectivity index (χ3v) is 5.07. The molecule has 1 heteroatoms. The van der Waals surface area contributed by atoms with E-state index in [4.69, 9.17) is 0 Å². The Morgan fingerprint density at radius 3 is 1.78 bits per heavy atom. The summed E-state index contributed by atoms with van der Waals surface area (Å²) in [5.41, 5.74) is 0.435. The normalized spacial score (nSPS) is 19.4. The van der Waals surface area contributed by atoms with Crippen LogP contribution in [0.1, 0.15) is 75.2 Å². The summed E-state index contributed by atoms with van der Waals surface area (Å²) in [4.78, 5) is 0. The van der Waals surface area contributed by atoms with Gasteiger partial charge in [0.25, 0.3) is 0 Å². The third kappa shape index (κ3) is 6.30. The van der Waals surface area contributed by atoms with E-state index < -0.39 is 0 Å². The first-order valence-electron chi connectivity index (χ1n) is 8.09. The van der Waals surface area contributed by atoms with Gasteiger partial charge in [-0.1, -0.05) is 86.8 Å². The molecule has 4 atom stereocenters. The van der Waals surface area contributed by atoms with Gasteiger partial charge in [0.05, 0.1) is 0 Å². The Morgan fingerprint density at radius 2 is 1.44 bits per heavy atom. The standard InChI is InChI=1S/C17H37B/c1-10-13(4)11-16(18-12(2)3)14(5)15(6)17(7,8)9/h12-16,18H,10-11H2,1-9H3. The summed E-state index contributed by atoms with van der Waals surface area (Å²) in [5.74, 6) is 4.23. The monoisotopic (exact) mass is 252 g/mol. The van der Waals surface area contributed by atoms with Gasteiger partial charge in [-0.2, -0.15) is 0 Å². The lowest BCUT2D eigenvalue weighted by molar-refractivity contribution is 0.173. The summed E-state index contributed by atoms with van der Waals surface area (Å²) in [7, 11) is 1.39. The number of hydrogen-bond acceptors (Lipinski definition) is 0. The Bertz CT molecular complexity index is 214. The summed E-state index contributed by atoms with van der Waals surface area (Å²) < 4.78 is 0. The van der Waals surface area contributed by atoms with Gasteiger partial charge < -0.3 is 0 Å². The van der Waals surface area contributed by atoms with Crippen molar-refractivity contribution in [3.63, 3.8) is 0 Å². The molecule has 0 radical (unpaired) electrons. The van der Waals surface area contributed by atoms with Crippen molar-refractivity contribution < 1.29 is 0 Å². The van der Waals surface area contributed by atoms with Crippen molar-refractivity contribution in [3.05, 3.63) is 0 Å². The third-order valence-electron chi connectivity index (χ3n) is 5.07. The van der Waals surface area contributed by atoms with Crippen LogP contribution in [0.4, 0.5) is 0 Å². The first-order valence-corrected chi connectivity index (χ1v) is 8.09. The Labute approximate surface area is 118 Å². The van der Waals surface area contributed by atoms with Crippen LogP contribution in [-0.2, 0) is 0 Å². The average molecular weight is 252 g/mol. The fraction of sp³-hybridized carbons (Fsp3) is 1.00. The molecule has 108 valence electrons. The molecule has 0 aliphatic heterocycles. The highest BCUT2D eigenvalue weighted by molar-refractivity contribution is 6.39. The second-order valence-electron chi connectivity index (χ2n) is 8.15. The smallest absolute Gasteiger partial charge is 0.0710 e. The van der Waals surface area contributed by atoms with Crippen LogP contribution in [0.5, 0.6) is 0 Å². The molecular weight excluding hydrogens is 215 g/mol. The van der Waals surface area contributed by atoms with Gasteiger partial charge in [0.2, 0.25) is 0 Å². The summed E-state index contributed by atoms with van der Waals surface area (Å²) in [6.45, 7) is 21.6. The van der Waals surface area contributed by atoms with Crippen LogP contribution in [-0.4, -0.2) is 7.28 Å². The van der Waals surface area contributed by atoms with Gasteiger partial charge in [-0.15, -0.1) is 0 Å². The SMILES string of the molecule is CCC(C)CC(BC(C)C)C(C)C(C)C(C)(C)C. The Morgan fingerprint density at radius 1 is 0.944 bits per heavy atom. The van der Waals surface area contributed by atoms with E-state index >= 15 is 0 Å². The van der Waals surface area contributed by atoms with Crippen molar-refractivity contribution in [3.8, 4) is 0 Å². The lowest BCUT2D eigenvalue weighted by Crippen LogP contribution is -2.30. The lowest BCUT2D eigenvalue weighted by Gasteiger charge is -2.38. The van der Waals surface area contributed by atoms with Crippen LogP contribution in [0.3, 0.4) is 0 Å².